The molecule has 5 amide bonds. The van der Waals surface area contributed by atoms with Crippen molar-refractivity contribution in [2.24, 2.45) is 22.4 Å². The minimum absolute atomic E-state index is 0.0372. The van der Waals surface area contributed by atoms with Gasteiger partial charge in [0.05, 0.1) is 12.8 Å². The molecule has 6 atom stereocenters. The molecule has 3 unspecified atom stereocenters. The normalized spacial score (nSPS) is 19.8. The number of aliphatic imine (C=N–C) groups is 1. The molecule has 0 spiro atoms. The van der Waals surface area contributed by atoms with E-state index in [-0.39, 0.29) is 62.1 Å². The summed E-state index contributed by atoms with van der Waals surface area (Å²) in [5.74, 6) is -4.30. The molecule has 3 aromatic carbocycles. The second-order valence-electron chi connectivity index (χ2n) is 14.2. The molecule has 3 aromatic rings. The fourth-order valence-electron chi connectivity index (χ4n) is 7.48. The predicted molar refractivity (Wildman–Crippen MR) is 208 cm³/mol. The first-order valence-electron chi connectivity index (χ1n) is 18.9. The Balaban J connectivity index is 1.34. The summed E-state index contributed by atoms with van der Waals surface area (Å²) in [5.41, 5.74) is 13.6. The van der Waals surface area contributed by atoms with Crippen LogP contribution in [0.1, 0.15) is 55.2 Å². The molecule has 5 rings (SSSR count). The lowest BCUT2D eigenvalue weighted by Crippen LogP contribution is -2.61. The van der Waals surface area contributed by atoms with Gasteiger partial charge in [-0.3, -0.25) is 33.8 Å². The number of rotatable bonds is 18. The highest BCUT2D eigenvalue weighted by Gasteiger charge is 2.51. The first kappa shape index (κ1) is 40.9. The van der Waals surface area contributed by atoms with Crippen molar-refractivity contribution in [2.75, 3.05) is 6.54 Å². The number of guanidine groups is 1. The number of amides is 5. The van der Waals surface area contributed by atoms with Gasteiger partial charge in [0.25, 0.3) is 0 Å². The van der Waals surface area contributed by atoms with Gasteiger partial charge in [0.1, 0.15) is 24.2 Å². The number of piperidine rings is 1. The van der Waals surface area contributed by atoms with Crippen molar-refractivity contribution in [1.29, 1.82) is 0 Å². The zero-order chi connectivity index (χ0) is 40.0. The van der Waals surface area contributed by atoms with Crippen molar-refractivity contribution in [2.45, 2.75) is 88.1 Å². The summed E-state index contributed by atoms with van der Waals surface area (Å²) in [6.45, 7) is 0.243. The molecule has 15 nitrogen and oxygen atoms in total. The number of carboxylic acids is 1. The lowest BCUT2D eigenvalue weighted by atomic mass is 9.86. The Morgan fingerprint density at radius 3 is 2.05 bits per heavy atom. The maximum Gasteiger partial charge on any atom is 0.305 e. The van der Waals surface area contributed by atoms with Gasteiger partial charge >= 0.3 is 5.97 Å². The summed E-state index contributed by atoms with van der Waals surface area (Å²) < 4.78 is 0. The number of aliphatic carboxylic acids is 1. The number of benzene rings is 3. The van der Waals surface area contributed by atoms with Crippen LogP contribution in [-0.4, -0.2) is 88.2 Å². The van der Waals surface area contributed by atoms with Crippen molar-refractivity contribution in [3.63, 3.8) is 0 Å². The fraction of sp³-hybridized carbons (Fsp3) is 0.390. The van der Waals surface area contributed by atoms with Crippen LogP contribution < -0.4 is 32.7 Å². The Morgan fingerprint density at radius 1 is 0.804 bits per heavy atom. The van der Waals surface area contributed by atoms with Crippen molar-refractivity contribution in [3.05, 3.63) is 108 Å². The summed E-state index contributed by atoms with van der Waals surface area (Å²) >= 11 is 0. The van der Waals surface area contributed by atoms with Gasteiger partial charge in [0.15, 0.2) is 5.96 Å². The Hall–Kier alpha value is -6.25. The smallest absolute Gasteiger partial charge is 0.305 e. The molecule has 0 bridgehead atoms. The van der Waals surface area contributed by atoms with Crippen LogP contribution >= 0.6 is 0 Å². The number of nitrogens with two attached hydrogens (primary N) is 2. The molecule has 2 saturated heterocycles. The Morgan fingerprint density at radius 2 is 1.43 bits per heavy atom. The Kier molecular flexibility index (Phi) is 14.5. The van der Waals surface area contributed by atoms with E-state index in [4.69, 9.17) is 11.5 Å². The highest BCUT2D eigenvalue weighted by Crippen LogP contribution is 2.39. The van der Waals surface area contributed by atoms with Gasteiger partial charge in [-0.15, -0.1) is 0 Å². The molecule has 2 aliphatic heterocycles. The Labute approximate surface area is 325 Å². The van der Waals surface area contributed by atoms with Crippen LogP contribution in [0.5, 0.6) is 0 Å². The fourth-order valence-corrected chi connectivity index (χ4v) is 7.48. The number of carboxylic acid groups (broad SMARTS) is 1. The third kappa shape index (κ3) is 11.6. The molecular weight excluding hydrogens is 716 g/mol. The summed E-state index contributed by atoms with van der Waals surface area (Å²) in [5, 5.41) is 20.5. The van der Waals surface area contributed by atoms with Crippen LogP contribution in [0.15, 0.2) is 96.0 Å². The SMILES string of the molecule is NC(N)=NCCC[C@H](NC(=O)C1C[C@@H](Cc2ccccc2)[C@@H]2CCC(NC(=O)Cc3ccccc3)C(=O)N12)C(=O)NC(CC(=O)O)C(=O)NCc1ccccc1. The van der Waals surface area contributed by atoms with E-state index in [0.29, 0.717) is 25.7 Å². The highest BCUT2D eigenvalue weighted by atomic mass is 16.4. The van der Waals surface area contributed by atoms with E-state index in [1.807, 2.05) is 66.7 Å². The average Bonchev–Trinajstić information content (AvgIpc) is 3.55. The monoisotopic (exact) mass is 766 g/mol. The van der Waals surface area contributed by atoms with E-state index in [1.54, 1.807) is 29.2 Å². The number of fused-ring (bicyclic) bond motifs is 1. The number of hydrogen-bond donors (Lipinski definition) is 7. The highest BCUT2D eigenvalue weighted by molar-refractivity contribution is 5.97. The summed E-state index contributed by atoms with van der Waals surface area (Å²) in [6.07, 6.45) is 1.57. The van der Waals surface area contributed by atoms with Gasteiger partial charge in [0, 0.05) is 19.1 Å². The second kappa shape index (κ2) is 19.9. The zero-order valence-corrected chi connectivity index (χ0v) is 31.1. The Bertz CT molecular complexity index is 1860. The van der Waals surface area contributed by atoms with Crippen molar-refractivity contribution >= 4 is 41.5 Å². The molecular formula is C41H50N8O7. The van der Waals surface area contributed by atoms with E-state index < -0.39 is 54.3 Å². The van der Waals surface area contributed by atoms with Crippen LogP contribution in [0, 0.1) is 5.92 Å². The lowest BCUT2D eigenvalue weighted by Gasteiger charge is -2.39. The molecule has 0 aromatic heterocycles. The maximum atomic E-state index is 14.3. The molecule has 15 heteroatoms. The largest absolute Gasteiger partial charge is 0.481 e. The summed E-state index contributed by atoms with van der Waals surface area (Å²) in [4.78, 5) is 85.9. The molecule has 56 heavy (non-hydrogen) atoms. The minimum atomic E-state index is -1.45. The topological polar surface area (TPSA) is 238 Å². The van der Waals surface area contributed by atoms with E-state index in [9.17, 15) is 33.9 Å². The minimum Gasteiger partial charge on any atom is -0.481 e. The number of carbonyl (C=O) groups excluding carboxylic acids is 5. The quantitative estimate of drug-likeness (QED) is 0.0558. The predicted octanol–water partition coefficient (Wildman–Crippen LogP) is 1.15. The second-order valence-corrected chi connectivity index (χ2v) is 14.2. The van der Waals surface area contributed by atoms with Gasteiger partial charge in [-0.2, -0.15) is 0 Å². The maximum absolute atomic E-state index is 14.3. The number of carbonyl (C=O) groups is 6. The van der Waals surface area contributed by atoms with Crippen molar-refractivity contribution in [3.8, 4) is 0 Å². The zero-order valence-electron chi connectivity index (χ0n) is 31.1. The molecule has 0 radical (unpaired) electrons. The summed E-state index contributed by atoms with van der Waals surface area (Å²) in [7, 11) is 0. The number of hydrogen-bond acceptors (Lipinski definition) is 7. The summed E-state index contributed by atoms with van der Waals surface area (Å²) in [6, 6.07) is 23.2. The van der Waals surface area contributed by atoms with Gasteiger partial charge in [-0.05, 0) is 61.1 Å². The third-order valence-electron chi connectivity index (χ3n) is 10.2. The van der Waals surface area contributed by atoms with E-state index in [0.717, 1.165) is 16.7 Å². The van der Waals surface area contributed by atoms with E-state index in [2.05, 4.69) is 26.3 Å². The number of nitrogens with one attached hydrogen (secondary N) is 4. The molecule has 2 heterocycles. The molecule has 0 saturated carbocycles. The third-order valence-corrected chi connectivity index (χ3v) is 10.2. The van der Waals surface area contributed by atoms with Crippen LogP contribution in [0.25, 0.3) is 0 Å². The van der Waals surface area contributed by atoms with Crippen LogP contribution in [0.3, 0.4) is 0 Å². The lowest BCUT2D eigenvalue weighted by molar-refractivity contribution is -0.147. The molecule has 2 fully saturated rings. The van der Waals surface area contributed by atoms with Crippen molar-refractivity contribution in [1.82, 2.24) is 26.2 Å². The van der Waals surface area contributed by atoms with Gasteiger partial charge in [-0.25, -0.2) is 0 Å². The van der Waals surface area contributed by atoms with Crippen LogP contribution in [0.4, 0.5) is 0 Å². The van der Waals surface area contributed by atoms with Crippen molar-refractivity contribution < 1.29 is 33.9 Å². The van der Waals surface area contributed by atoms with E-state index >= 15 is 0 Å². The number of nitrogens with zero attached hydrogens (tertiary/aromatic N) is 2. The molecule has 0 aliphatic carbocycles. The van der Waals surface area contributed by atoms with Crippen LogP contribution in [-0.2, 0) is 48.2 Å². The molecule has 9 N–H and O–H groups in total. The van der Waals surface area contributed by atoms with Gasteiger partial charge < -0.3 is 42.7 Å². The van der Waals surface area contributed by atoms with Gasteiger partial charge in [-0.1, -0.05) is 91.0 Å². The van der Waals surface area contributed by atoms with Gasteiger partial charge in [0.2, 0.25) is 29.5 Å². The first-order chi connectivity index (χ1) is 27.0. The van der Waals surface area contributed by atoms with Crippen LogP contribution in [0.2, 0.25) is 0 Å². The standard InChI is InChI=1S/C41H50N8O7/c42-41(43)44-20-10-17-30(38(54)48-32(24-36(51)52)37(53)45-25-28-15-8-3-9-16-28)47-39(55)34-23-29(21-26-11-4-1-5-12-26)33-19-18-31(40(56)49(33)34)46-35(50)22-27-13-6-2-7-14-27/h1-9,11-16,29-34H,10,17-25H2,(H,45,53)(H,46,50)(H,47,55)(H,48,54)(H,51,52)(H4,42,43,44)/t29-,30+,31?,32?,33+,34?/m1/s1. The van der Waals surface area contributed by atoms with E-state index in [1.165, 1.54) is 0 Å². The molecule has 296 valence electrons. The first-order valence-corrected chi connectivity index (χ1v) is 18.9. The average molecular weight is 767 g/mol. The molecule has 2 aliphatic rings.